The van der Waals surface area contributed by atoms with E-state index in [0.717, 1.165) is 16.7 Å². The van der Waals surface area contributed by atoms with Crippen molar-refractivity contribution in [3.05, 3.63) is 34.4 Å². The fourth-order valence-electron chi connectivity index (χ4n) is 2.02. The van der Waals surface area contributed by atoms with Crippen LogP contribution in [0.1, 0.15) is 34.0 Å². The van der Waals surface area contributed by atoms with Gasteiger partial charge in [-0.05, 0) is 38.8 Å². The molecule has 0 heterocycles. The Labute approximate surface area is 123 Å². The molecule has 0 aromatic heterocycles. The normalized spacial score (nSPS) is 9.90. The second-order valence-corrected chi connectivity index (χ2v) is 4.62. The number of rotatable bonds is 4. The molecule has 2 amide bonds. The number of esters is 1. The average Bonchev–Trinajstić information content (AvgIpc) is 2.35. The van der Waals surface area contributed by atoms with E-state index in [1.54, 1.807) is 20.8 Å². The predicted molar refractivity (Wildman–Crippen MR) is 76.1 cm³/mol. The van der Waals surface area contributed by atoms with Gasteiger partial charge in [-0.25, -0.2) is 9.59 Å². The van der Waals surface area contributed by atoms with Crippen LogP contribution in [0.2, 0.25) is 0 Å². The molecule has 0 aliphatic rings. The van der Waals surface area contributed by atoms with Gasteiger partial charge in [-0.15, -0.1) is 0 Å². The lowest BCUT2D eigenvalue weighted by atomic mass is 10.00. The predicted octanol–water partition coefficient (Wildman–Crippen LogP) is 2.04. The maximum Gasteiger partial charge on any atom is 0.413 e. The molecular formula is C15H19NO5. The molecule has 21 heavy (non-hydrogen) atoms. The quantitative estimate of drug-likeness (QED) is 0.859. The number of carbonyl (C=O) groups is 3. The molecule has 0 radical (unpaired) electrons. The number of hydrogen-bond donors (Lipinski definition) is 1. The summed E-state index contributed by atoms with van der Waals surface area (Å²) in [6, 6.07) is 3.73. The smallest absolute Gasteiger partial charge is 0.413 e. The Balaban J connectivity index is 2.63. The van der Waals surface area contributed by atoms with E-state index >= 15 is 0 Å². The van der Waals surface area contributed by atoms with Crippen molar-refractivity contribution in [1.82, 2.24) is 5.32 Å². The Kier molecular flexibility index (Phi) is 5.90. The van der Waals surface area contributed by atoms with E-state index in [4.69, 9.17) is 4.74 Å². The third-order valence-corrected chi connectivity index (χ3v) is 2.73. The van der Waals surface area contributed by atoms with Crippen LogP contribution in [0.4, 0.5) is 4.79 Å². The molecule has 1 N–H and O–H groups in total. The summed E-state index contributed by atoms with van der Waals surface area (Å²) in [5.74, 6) is -1.33. The van der Waals surface area contributed by atoms with Crippen LogP contribution in [0.25, 0.3) is 0 Å². The summed E-state index contributed by atoms with van der Waals surface area (Å²) in [7, 11) is 0. The van der Waals surface area contributed by atoms with Gasteiger partial charge >= 0.3 is 12.1 Å². The molecule has 0 bridgehead atoms. The summed E-state index contributed by atoms with van der Waals surface area (Å²) in [6.07, 6.45) is -0.860. The zero-order valence-corrected chi connectivity index (χ0v) is 12.6. The van der Waals surface area contributed by atoms with Crippen molar-refractivity contribution in [3.8, 4) is 0 Å². The molecule has 0 atom stereocenters. The molecule has 1 aromatic rings. The highest BCUT2D eigenvalue weighted by Gasteiger charge is 2.16. The minimum Gasteiger partial charge on any atom is -0.452 e. The monoisotopic (exact) mass is 293 g/mol. The number of hydrogen-bond acceptors (Lipinski definition) is 5. The largest absolute Gasteiger partial charge is 0.452 e. The van der Waals surface area contributed by atoms with Crippen LogP contribution < -0.4 is 5.32 Å². The van der Waals surface area contributed by atoms with Gasteiger partial charge in [0.2, 0.25) is 0 Å². The molecule has 0 fully saturated rings. The van der Waals surface area contributed by atoms with Crippen LogP contribution in [-0.4, -0.2) is 31.2 Å². The van der Waals surface area contributed by atoms with Crippen LogP contribution in [0, 0.1) is 20.8 Å². The van der Waals surface area contributed by atoms with Gasteiger partial charge in [0, 0.05) is 0 Å². The van der Waals surface area contributed by atoms with E-state index in [0.29, 0.717) is 5.56 Å². The van der Waals surface area contributed by atoms with Crippen molar-refractivity contribution in [3.63, 3.8) is 0 Å². The maximum atomic E-state index is 12.0. The Morgan fingerprint density at radius 2 is 1.62 bits per heavy atom. The second kappa shape index (κ2) is 7.42. The number of aryl methyl sites for hydroxylation is 3. The van der Waals surface area contributed by atoms with Crippen LogP contribution in [0.15, 0.2) is 12.1 Å². The third kappa shape index (κ3) is 4.91. The third-order valence-electron chi connectivity index (χ3n) is 2.73. The van der Waals surface area contributed by atoms with Crippen molar-refractivity contribution >= 4 is 18.0 Å². The first-order chi connectivity index (χ1) is 9.85. The van der Waals surface area contributed by atoms with Gasteiger partial charge in [0.25, 0.3) is 5.91 Å². The maximum absolute atomic E-state index is 12.0. The Morgan fingerprint density at radius 1 is 1.05 bits per heavy atom. The Bertz CT molecular complexity index is 542. The number of alkyl carbamates (subject to hydrolysis) is 1. The summed E-state index contributed by atoms with van der Waals surface area (Å²) >= 11 is 0. The molecule has 6 heteroatoms. The molecule has 6 nitrogen and oxygen atoms in total. The van der Waals surface area contributed by atoms with Gasteiger partial charge in [0.1, 0.15) is 0 Å². The number of imide groups is 1. The zero-order valence-electron chi connectivity index (χ0n) is 12.6. The SMILES string of the molecule is CCOC(=O)NC(=O)COC(=O)c1c(C)cc(C)cc1C. The number of nitrogens with one attached hydrogen (secondary N) is 1. The highest BCUT2D eigenvalue weighted by Crippen LogP contribution is 2.17. The van der Waals surface area contributed by atoms with Crippen LogP contribution in [-0.2, 0) is 14.3 Å². The Hall–Kier alpha value is -2.37. The number of ether oxygens (including phenoxy) is 2. The first-order valence-electron chi connectivity index (χ1n) is 6.56. The molecule has 0 spiro atoms. The van der Waals surface area contributed by atoms with E-state index in [-0.39, 0.29) is 6.61 Å². The van der Waals surface area contributed by atoms with Crippen LogP contribution >= 0.6 is 0 Å². The minimum absolute atomic E-state index is 0.153. The van der Waals surface area contributed by atoms with Crippen molar-refractivity contribution in [1.29, 1.82) is 0 Å². The number of benzene rings is 1. The van der Waals surface area contributed by atoms with Crippen LogP contribution in [0.3, 0.4) is 0 Å². The van der Waals surface area contributed by atoms with Gasteiger partial charge in [-0.2, -0.15) is 0 Å². The van der Waals surface area contributed by atoms with E-state index in [1.807, 2.05) is 24.4 Å². The molecule has 1 rings (SSSR count). The van der Waals surface area contributed by atoms with Gasteiger partial charge in [-0.1, -0.05) is 17.7 Å². The molecular weight excluding hydrogens is 274 g/mol. The lowest BCUT2D eigenvalue weighted by molar-refractivity contribution is -0.123. The Morgan fingerprint density at radius 3 is 2.14 bits per heavy atom. The van der Waals surface area contributed by atoms with Crippen molar-refractivity contribution < 1.29 is 23.9 Å². The molecule has 0 aliphatic heterocycles. The van der Waals surface area contributed by atoms with Gasteiger partial charge in [0.15, 0.2) is 6.61 Å². The molecule has 0 saturated heterocycles. The summed E-state index contributed by atoms with van der Waals surface area (Å²) in [6.45, 7) is 6.77. The molecule has 0 unspecified atom stereocenters. The number of carbonyl (C=O) groups excluding carboxylic acids is 3. The van der Waals surface area contributed by atoms with Crippen molar-refractivity contribution in [2.75, 3.05) is 13.2 Å². The molecule has 1 aromatic carbocycles. The first-order valence-corrected chi connectivity index (χ1v) is 6.56. The van der Waals surface area contributed by atoms with E-state index in [2.05, 4.69) is 4.74 Å². The lowest BCUT2D eigenvalue weighted by Gasteiger charge is -2.11. The molecule has 114 valence electrons. The second-order valence-electron chi connectivity index (χ2n) is 4.62. The molecule has 0 saturated carbocycles. The average molecular weight is 293 g/mol. The van der Waals surface area contributed by atoms with E-state index in [1.165, 1.54) is 0 Å². The fraction of sp³-hybridized carbons (Fsp3) is 0.400. The summed E-state index contributed by atoms with van der Waals surface area (Å²) in [5, 5.41) is 1.95. The van der Waals surface area contributed by atoms with Gasteiger partial charge in [0.05, 0.1) is 12.2 Å². The zero-order chi connectivity index (χ0) is 16.0. The highest BCUT2D eigenvalue weighted by molar-refractivity contribution is 5.96. The van der Waals surface area contributed by atoms with Crippen molar-refractivity contribution in [2.45, 2.75) is 27.7 Å². The van der Waals surface area contributed by atoms with Gasteiger partial charge < -0.3 is 9.47 Å². The summed E-state index contributed by atoms with van der Waals surface area (Å²) < 4.78 is 9.46. The van der Waals surface area contributed by atoms with Crippen molar-refractivity contribution in [2.24, 2.45) is 0 Å². The first kappa shape index (κ1) is 16.7. The summed E-state index contributed by atoms with van der Waals surface area (Å²) in [4.78, 5) is 34.4. The standard InChI is InChI=1S/C15H19NO5/c1-5-20-15(19)16-12(17)8-21-14(18)13-10(3)6-9(2)7-11(13)4/h6-7H,5,8H2,1-4H3,(H,16,17,19). The van der Waals surface area contributed by atoms with E-state index < -0.39 is 24.6 Å². The fourth-order valence-corrected chi connectivity index (χ4v) is 2.02. The highest BCUT2D eigenvalue weighted by atomic mass is 16.6. The summed E-state index contributed by atoms with van der Waals surface area (Å²) in [5.41, 5.74) is 3.04. The van der Waals surface area contributed by atoms with Crippen LogP contribution in [0.5, 0.6) is 0 Å². The topological polar surface area (TPSA) is 81.7 Å². The minimum atomic E-state index is -0.860. The lowest BCUT2D eigenvalue weighted by Crippen LogP contribution is -2.34. The molecule has 0 aliphatic carbocycles. The number of amides is 2. The van der Waals surface area contributed by atoms with E-state index in [9.17, 15) is 14.4 Å². The van der Waals surface area contributed by atoms with Gasteiger partial charge in [-0.3, -0.25) is 10.1 Å².